The van der Waals surface area contributed by atoms with E-state index in [1.54, 1.807) is 18.4 Å². The Morgan fingerprint density at radius 1 is 1.02 bits per heavy atom. The summed E-state index contributed by atoms with van der Waals surface area (Å²) in [6, 6.07) is 9.94. The molecule has 1 spiro atoms. The van der Waals surface area contributed by atoms with E-state index in [-0.39, 0.29) is 22.8 Å². The van der Waals surface area contributed by atoms with Crippen molar-refractivity contribution in [2.45, 2.75) is 81.2 Å². The zero-order valence-corrected chi connectivity index (χ0v) is 24.7. The van der Waals surface area contributed by atoms with Crippen molar-refractivity contribution in [2.24, 2.45) is 0 Å². The highest BCUT2D eigenvalue weighted by Crippen LogP contribution is 2.42. The lowest BCUT2D eigenvalue weighted by molar-refractivity contribution is -0.130. The van der Waals surface area contributed by atoms with Gasteiger partial charge in [-0.25, -0.2) is 0 Å². The molecule has 40 heavy (non-hydrogen) atoms. The first-order valence-corrected chi connectivity index (χ1v) is 15.7. The summed E-state index contributed by atoms with van der Waals surface area (Å²) in [5.74, 6) is 0.555. The third kappa shape index (κ3) is 5.31. The Bertz CT molecular complexity index is 1210. The van der Waals surface area contributed by atoms with Gasteiger partial charge in [-0.2, -0.15) is 0 Å². The first-order valence-electron chi connectivity index (χ1n) is 15.0. The van der Waals surface area contributed by atoms with E-state index in [9.17, 15) is 9.59 Å². The maximum Gasteiger partial charge on any atom is 0.289 e. The monoisotopic (exact) mass is 586 g/mol. The molecule has 2 aromatic rings. The SMILES string of the molecule is O=C(c1ccco1)N1CCC(CCCN2CCC3(CC2)C(=O)NCN3C2CCCCC2)(c2ccc(Cl)c(Cl)c2)C1. The van der Waals surface area contributed by atoms with E-state index in [1.807, 2.05) is 17.0 Å². The van der Waals surface area contributed by atoms with Gasteiger partial charge in [0.15, 0.2) is 5.76 Å². The second-order valence-electron chi connectivity index (χ2n) is 12.3. The van der Waals surface area contributed by atoms with Crippen molar-refractivity contribution in [1.82, 2.24) is 20.0 Å². The Hall–Kier alpha value is -2.06. The Morgan fingerprint density at radius 2 is 1.82 bits per heavy atom. The Kier molecular flexibility index (Phi) is 8.19. The Balaban J connectivity index is 1.10. The number of hydrogen-bond donors (Lipinski definition) is 1. The Morgan fingerprint density at radius 3 is 2.55 bits per heavy atom. The predicted molar refractivity (Wildman–Crippen MR) is 157 cm³/mol. The van der Waals surface area contributed by atoms with Crippen molar-refractivity contribution in [1.29, 1.82) is 0 Å². The number of rotatable bonds is 7. The van der Waals surface area contributed by atoms with Crippen LogP contribution in [0.15, 0.2) is 41.0 Å². The van der Waals surface area contributed by atoms with Crippen molar-refractivity contribution in [3.63, 3.8) is 0 Å². The normalized spacial score (nSPS) is 26.1. The summed E-state index contributed by atoms with van der Waals surface area (Å²) in [6.45, 7) is 4.89. The molecule has 0 radical (unpaired) electrons. The molecule has 1 aromatic heterocycles. The molecule has 2 amide bonds. The molecule has 1 atom stereocenters. The number of likely N-dealkylation sites (tertiary alicyclic amines) is 2. The minimum Gasteiger partial charge on any atom is -0.459 e. The second kappa shape index (κ2) is 11.7. The van der Waals surface area contributed by atoms with Gasteiger partial charge in [-0.1, -0.05) is 48.5 Å². The molecule has 1 saturated carbocycles. The summed E-state index contributed by atoms with van der Waals surface area (Å²) in [4.78, 5) is 33.1. The van der Waals surface area contributed by atoms with Crippen LogP contribution in [-0.2, 0) is 10.2 Å². The smallest absolute Gasteiger partial charge is 0.289 e. The molecule has 216 valence electrons. The molecule has 0 bridgehead atoms. The zero-order valence-electron chi connectivity index (χ0n) is 23.2. The molecular weight excluding hydrogens is 547 g/mol. The first-order chi connectivity index (χ1) is 19.4. The topological polar surface area (TPSA) is 69.0 Å². The van der Waals surface area contributed by atoms with Gasteiger partial charge >= 0.3 is 0 Å². The lowest BCUT2D eigenvalue weighted by atomic mass is 9.76. The van der Waals surface area contributed by atoms with Crippen LogP contribution in [0.1, 0.15) is 80.3 Å². The maximum absolute atomic E-state index is 13.1. The number of nitrogens with zero attached hydrogens (tertiary/aromatic N) is 3. The van der Waals surface area contributed by atoms with Gasteiger partial charge in [-0.05, 0) is 81.3 Å². The van der Waals surface area contributed by atoms with E-state index >= 15 is 0 Å². The molecule has 1 unspecified atom stereocenters. The third-order valence-corrected chi connectivity index (χ3v) is 10.9. The van der Waals surface area contributed by atoms with Crippen LogP contribution in [0.25, 0.3) is 0 Å². The van der Waals surface area contributed by atoms with Crippen molar-refractivity contribution in [3.8, 4) is 0 Å². The largest absolute Gasteiger partial charge is 0.459 e. The van der Waals surface area contributed by atoms with Crippen LogP contribution >= 0.6 is 23.2 Å². The van der Waals surface area contributed by atoms with Gasteiger partial charge in [-0.15, -0.1) is 0 Å². The van der Waals surface area contributed by atoms with Crippen LogP contribution in [0, 0.1) is 0 Å². The van der Waals surface area contributed by atoms with Gasteiger partial charge < -0.3 is 19.5 Å². The highest BCUT2D eigenvalue weighted by Gasteiger charge is 2.52. The van der Waals surface area contributed by atoms with Crippen LogP contribution in [0.2, 0.25) is 10.0 Å². The zero-order chi connectivity index (χ0) is 27.7. The van der Waals surface area contributed by atoms with E-state index < -0.39 is 0 Å². The van der Waals surface area contributed by atoms with E-state index in [0.29, 0.717) is 41.6 Å². The fourth-order valence-corrected chi connectivity index (χ4v) is 8.09. The number of hydrogen-bond acceptors (Lipinski definition) is 5. The van der Waals surface area contributed by atoms with E-state index in [4.69, 9.17) is 27.6 Å². The van der Waals surface area contributed by atoms with Crippen molar-refractivity contribution in [3.05, 3.63) is 58.0 Å². The van der Waals surface area contributed by atoms with Crippen LogP contribution in [0.5, 0.6) is 0 Å². The van der Waals surface area contributed by atoms with E-state index in [1.165, 1.54) is 32.1 Å². The quantitative estimate of drug-likeness (QED) is 0.450. The van der Waals surface area contributed by atoms with E-state index in [2.05, 4.69) is 21.2 Å². The molecule has 4 fully saturated rings. The molecule has 6 rings (SSSR count). The summed E-state index contributed by atoms with van der Waals surface area (Å²) in [7, 11) is 0. The fourth-order valence-electron chi connectivity index (χ4n) is 7.79. The predicted octanol–water partition coefficient (Wildman–Crippen LogP) is 5.71. The van der Waals surface area contributed by atoms with Crippen LogP contribution in [-0.4, -0.2) is 77.5 Å². The number of furan rings is 1. The van der Waals surface area contributed by atoms with Crippen molar-refractivity contribution in [2.75, 3.05) is 39.4 Å². The van der Waals surface area contributed by atoms with Gasteiger partial charge in [-0.3, -0.25) is 14.5 Å². The molecule has 7 nitrogen and oxygen atoms in total. The van der Waals surface area contributed by atoms with E-state index in [0.717, 1.165) is 57.3 Å². The summed E-state index contributed by atoms with van der Waals surface area (Å²) in [6.07, 6.45) is 12.5. The van der Waals surface area contributed by atoms with Crippen molar-refractivity contribution < 1.29 is 14.0 Å². The molecule has 1 aromatic carbocycles. The Labute approximate surface area is 247 Å². The van der Waals surface area contributed by atoms with Crippen LogP contribution < -0.4 is 5.32 Å². The molecule has 3 aliphatic heterocycles. The first kappa shape index (κ1) is 28.1. The lowest BCUT2D eigenvalue weighted by Crippen LogP contribution is -2.59. The van der Waals surface area contributed by atoms with Crippen molar-refractivity contribution >= 4 is 35.0 Å². The average molecular weight is 588 g/mol. The summed E-state index contributed by atoms with van der Waals surface area (Å²) in [5.41, 5.74) is 0.633. The standard InChI is InChI=1S/C31H40Cl2N4O3/c32-25-10-9-23(20-26(25)33)30(12-18-36(21-30)28(38)27-8-4-19-40-27)11-5-15-35-16-13-31(14-17-35)29(39)34-22-37(31)24-6-2-1-3-7-24/h4,8-10,19-20,24H,1-3,5-7,11-18,21-22H2,(H,34,39). The molecule has 1 N–H and O–H groups in total. The molecule has 1 aliphatic carbocycles. The number of amides is 2. The fraction of sp³-hybridized carbons (Fsp3) is 0.613. The number of piperidine rings is 1. The van der Waals surface area contributed by atoms with Gasteiger partial charge in [0.25, 0.3) is 5.91 Å². The third-order valence-electron chi connectivity index (χ3n) is 10.1. The minimum atomic E-state index is -0.321. The van der Waals surface area contributed by atoms with Gasteiger partial charge in [0.2, 0.25) is 5.91 Å². The number of nitrogens with one attached hydrogen (secondary N) is 1. The molecular formula is C31H40Cl2N4O3. The minimum absolute atomic E-state index is 0.0642. The van der Waals surface area contributed by atoms with Crippen LogP contribution in [0.4, 0.5) is 0 Å². The number of carbonyl (C=O) groups is 2. The maximum atomic E-state index is 13.1. The summed E-state index contributed by atoms with van der Waals surface area (Å²) in [5, 5.41) is 4.28. The highest BCUT2D eigenvalue weighted by molar-refractivity contribution is 6.42. The number of benzene rings is 1. The average Bonchev–Trinajstić information content (AvgIpc) is 3.73. The summed E-state index contributed by atoms with van der Waals surface area (Å²) < 4.78 is 5.40. The lowest BCUT2D eigenvalue weighted by Gasteiger charge is -2.46. The highest BCUT2D eigenvalue weighted by atomic mass is 35.5. The molecule has 4 heterocycles. The molecule has 9 heteroatoms. The van der Waals surface area contributed by atoms with Gasteiger partial charge in [0.1, 0.15) is 5.54 Å². The second-order valence-corrected chi connectivity index (χ2v) is 13.1. The number of carbonyl (C=O) groups excluding carboxylic acids is 2. The number of halogens is 2. The molecule has 4 aliphatic rings. The van der Waals surface area contributed by atoms with Crippen LogP contribution in [0.3, 0.4) is 0 Å². The van der Waals surface area contributed by atoms with Gasteiger partial charge in [0, 0.05) is 37.6 Å². The van der Waals surface area contributed by atoms with Gasteiger partial charge in [0.05, 0.1) is 23.0 Å². The summed E-state index contributed by atoms with van der Waals surface area (Å²) >= 11 is 12.7. The molecule has 3 saturated heterocycles.